The van der Waals surface area contributed by atoms with E-state index in [1.807, 2.05) is 6.07 Å². The number of carbonyl (C=O) groups is 3. The van der Waals surface area contributed by atoms with Crippen LogP contribution in [0.5, 0.6) is 11.6 Å². The highest BCUT2D eigenvalue weighted by molar-refractivity contribution is 6.12. The number of nitrogens with zero attached hydrogens (tertiary/aromatic N) is 3. The normalized spacial score (nSPS) is 17.7. The van der Waals surface area contributed by atoms with Crippen molar-refractivity contribution < 1.29 is 23.9 Å². The summed E-state index contributed by atoms with van der Waals surface area (Å²) in [5, 5.41) is 6.13. The molecule has 0 atom stereocenters. The molecule has 38 heavy (non-hydrogen) atoms. The summed E-state index contributed by atoms with van der Waals surface area (Å²) in [6, 6.07) is 9.29. The average molecular weight is 522 g/mol. The Balaban J connectivity index is 1.23. The molecule has 2 heterocycles. The number of rotatable bonds is 9. The molecule has 3 aliphatic rings. The molecule has 2 aromatic rings. The third-order valence-corrected chi connectivity index (χ3v) is 7.32. The smallest absolute Gasteiger partial charge is 0.412 e. The van der Waals surface area contributed by atoms with Crippen LogP contribution in [0.3, 0.4) is 0 Å². The molecule has 0 saturated heterocycles. The molecular weight excluding hydrogens is 486 g/mol. The Morgan fingerprint density at radius 1 is 1.05 bits per heavy atom. The van der Waals surface area contributed by atoms with Crippen LogP contribution in [0.2, 0.25) is 0 Å². The van der Waals surface area contributed by atoms with Gasteiger partial charge in [-0.15, -0.1) is 0 Å². The van der Waals surface area contributed by atoms with E-state index in [9.17, 15) is 14.4 Å². The molecule has 5 rings (SSSR count). The van der Waals surface area contributed by atoms with Gasteiger partial charge in [-0.05, 0) is 49.8 Å². The molecule has 202 valence electrons. The summed E-state index contributed by atoms with van der Waals surface area (Å²) in [6.07, 6.45) is 9.34. The zero-order valence-corrected chi connectivity index (χ0v) is 21.8. The minimum atomic E-state index is -0.589. The lowest BCUT2D eigenvalue weighted by Crippen LogP contribution is -2.51. The fraction of sp³-hybridized carbons (Fsp3) is 0.500. The number of anilines is 2. The molecule has 10 heteroatoms. The Labute approximate surface area is 222 Å². The van der Waals surface area contributed by atoms with Crippen LogP contribution in [0.1, 0.15) is 50.5 Å². The summed E-state index contributed by atoms with van der Waals surface area (Å²) < 4.78 is 10.6. The van der Waals surface area contributed by atoms with Gasteiger partial charge in [-0.1, -0.05) is 25.3 Å². The van der Waals surface area contributed by atoms with E-state index in [2.05, 4.69) is 15.6 Å². The number of pyridine rings is 1. The molecule has 0 spiro atoms. The topological polar surface area (TPSA) is 113 Å². The number of ether oxygens (including phenoxy) is 2. The van der Waals surface area contributed by atoms with Gasteiger partial charge < -0.3 is 25.0 Å². The molecule has 10 nitrogen and oxygen atoms in total. The largest absolute Gasteiger partial charge is 0.481 e. The third kappa shape index (κ3) is 6.24. The molecule has 0 bridgehead atoms. The molecule has 2 aliphatic carbocycles. The zero-order chi connectivity index (χ0) is 26.5. The summed E-state index contributed by atoms with van der Waals surface area (Å²) in [4.78, 5) is 46.2. The van der Waals surface area contributed by atoms with Gasteiger partial charge in [0.15, 0.2) is 0 Å². The first-order chi connectivity index (χ1) is 18.5. The van der Waals surface area contributed by atoms with Gasteiger partial charge in [0.2, 0.25) is 17.7 Å². The van der Waals surface area contributed by atoms with Gasteiger partial charge in [-0.25, -0.2) is 9.78 Å². The van der Waals surface area contributed by atoms with E-state index in [4.69, 9.17) is 9.47 Å². The number of hydrogen-bond donors (Lipinski definition) is 2. The van der Waals surface area contributed by atoms with Crippen LogP contribution in [-0.2, 0) is 16.0 Å². The van der Waals surface area contributed by atoms with Crippen molar-refractivity contribution in [3.8, 4) is 11.6 Å². The predicted octanol–water partition coefficient (Wildman–Crippen LogP) is 3.19. The van der Waals surface area contributed by atoms with E-state index in [0.29, 0.717) is 42.0 Å². The molecular formula is C28H35N5O5. The molecule has 1 aliphatic heterocycles. The van der Waals surface area contributed by atoms with Crippen LogP contribution in [-0.4, -0.2) is 61.7 Å². The lowest BCUT2D eigenvalue weighted by Gasteiger charge is -2.37. The first-order valence-corrected chi connectivity index (χ1v) is 13.5. The zero-order valence-electron chi connectivity index (χ0n) is 21.8. The summed E-state index contributed by atoms with van der Waals surface area (Å²) in [7, 11) is 1.56. The molecule has 0 radical (unpaired) electrons. The minimum absolute atomic E-state index is 0.0137. The van der Waals surface area contributed by atoms with Crippen LogP contribution in [0, 0.1) is 0 Å². The number of aromatic nitrogens is 1. The first-order valence-electron chi connectivity index (χ1n) is 13.5. The SMILES string of the molecule is COc1ccc(CCNC(=O)Oc2ccc3c(c2)N(C(=O)CNC2CCCCC2)CC(=O)N3C2CC2)cn1. The number of hydrogen-bond acceptors (Lipinski definition) is 7. The van der Waals surface area contributed by atoms with Crippen molar-refractivity contribution in [2.75, 3.05) is 36.5 Å². The summed E-state index contributed by atoms with van der Waals surface area (Å²) in [5.41, 5.74) is 2.25. The van der Waals surface area contributed by atoms with Gasteiger partial charge in [-0.3, -0.25) is 14.5 Å². The summed E-state index contributed by atoms with van der Waals surface area (Å²) >= 11 is 0. The van der Waals surface area contributed by atoms with Gasteiger partial charge in [0.25, 0.3) is 0 Å². The Morgan fingerprint density at radius 3 is 2.58 bits per heavy atom. The molecule has 2 fully saturated rings. The Bertz CT molecular complexity index is 1160. The average Bonchev–Trinajstić information content (AvgIpc) is 3.77. The second-order valence-electron chi connectivity index (χ2n) is 10.1. The first kappa shape index (κ1) is 26.0. The predicted molar refractivity (Wildman–Crippen MR) is 143 cm³/mol. The second-order valence-corrected chi connectivity index (χ2v) is 10.1. The van der Waals surface area contributed by atoms with Crippen LogP contribution >= 0.6 is 0 Å². The van der Waals surface area contributed by atoms with Gasteiger partial charge in [0.05, 0.1) is 25.0 Å². The Hall–Kier alpha value is -3.66. The van der Waals surface area contributed by atoms with Crippen LogP contribution in [0.4, 0.5) is 16.2 Å². The number of nitrogens with one attached hydrogen (secondary N) is 2. The minimum Gasteiger partial charge on any atom is -0.481 e. The van der Waals surface area contributed by atoms with Crippen molar-refractivity contribution in [3.05, 3.63) is 42.1 Å². The quantitative estimate of drug-likeness (QED) is 0.521. The van der Waals surface area contributed by atoms with Crippen molar-refractivity contribution in [1.29, 1.82) is 0 Å². The molecule has 2 saturated carbocycles. The Kier molecular flexibility index (Phi) is 8.07. The fourth-order valence-electron chi connectivity index (χ4n) is 5.14. The van der Waals surface area contributed by atoms with Crippen molar-refractivity contribution in [2.24, 2.45) is 0 Å². The van der Waals surface area contributed by atoms with E-state index in [0.717, 1.165) is 31.2 Å². The number of benzene rings is 1. The Morgan fingerprint density at radius 2 is 1.87 bits per heavy atom. The molecule has 2 N–H and O–H groups in total. The lowest BCUT2D eigenvalue weighted by atomic mass is 9.95. The number of amides is 3. The highest BCUT2D eigenvalue weighted by Gasteiger charge is 2.40. The van der Waals surface area contributed by atoms with E-state index in [-0.39, 0.29) is 30.9 Å². The van der Waals surface area contributed by atoms with Crippen molar-refractivity contribution >= 4 is 29.3 Å². The van der Waals surface area contributed by atoms with Gasteiger partial charge >= 0.3 is 6.09 Å². The summed E-state index contributed by atoms with van der Waals surface area (Å²) in [6.45, 7) is 0.534. The van der Waals surface area contributed by atoms with E-state index >= 15 is 0 Å². The van der Waals surface area contributed by atoms with Gasteiger partial charge in [-0.2, -0.15) is 0 Å². The fourth-order valence-corrected chi connectivity index (χ4v) is 5.14. The van der Waals surface area contributed by atoms with E-state index in [1.165, 1.54) is 24.2 Å². The van der Waals surface area contributed by atoms with E-state index in [1.54, 1.807) is 42.5 Å². The maximum absolute atomic E-state index is 13.3. The number of methoxy groups -OCH3 is 1. The van der Waals surface area contributed by atoms with Crippen LogP contribution in [0.15, 0.2) is 36.5 Å². The van der Waals surface area contributed by atoms with Gasteiger partial charge in [0.1, 0.15) is 12.3 Å². The van der Waals surface area contributed by atoms with Crippen LogP contribution in [0.25, 0.3) is 0 Å². The maximum Gasteiger partial charge on any atom is 0.412 e. The van der Waals surface area contributed by atoms with E-state index < -0.39 is 6.09 Å². The lowest BCUT2D eigenvalue weighted by molar-refractivity contribution is -0.122. The number of fused-ring (bicyclic) bond motifs is 1. The molecule has 1 aromatic carbocycles. The maximum atomic E-state index is 13.3. The molecule has 0 unspecified atom stereocenters. The third-order valence-electron chi connectivity index (χ3n) is 7.32. The highest BCUT2D eigenvalue weighted by atomic mass is 16.6. The van der Waals surface area contributed by atoms with Crippen molar-refractivity contribution in [2.45, 2.75) is 63.5 Å². The number of carbonyl (C=O) groups excluding carboxylic acids is 3. The second kappa shape index (κ2) is 11.8. The standard InChI is InChI=1S/C28H35N5O5/c1-37-25-12-7-19(16-31-25)13-14-29-28(36)38-22-10-11-23-24(15-22)32(18-27(35)33(23)21-8-9-21)26(34)17-30-20-5-3-2-4-6-20/h7,10-12,15-16,20-21,30H,2-6,8-9,13-14,17-18H2,1H3,(H,29,36). The summed E-state index contributed by atoms with van der Waals surface area (Å²) in [5.74, 6) is 0.615. The van der Waals surface area contributed by atoms with Crippen LogP contribution < -0.4 is 29.9 Å². The molecule has 3 amide bonds. The highest BCUT2D eigenvalue weighted by Crippen LogP contribution is 2.42. The monoisotopic (exact) mass is 521 g/mol. The molecule has 1 aromatic heterocycles. The van der Waals surface area contributed by atoms with Gasteiger partial charge in [0, 0.05) is 37.0 Å². The van der Waals surface area contributed by atoms with Crippen molar-refractivity contribution in [1.82, 2.24) is 15.6 Å². The van der Waals surface area contributed by atoms with Crippen molar-refractivity contribution in [3.63, 3.8) is 0 Å².